The van der Waals surface area contributed by atoms with Crippen molar-refractivity contribution in [3.8, 4) is 0 Å². The van der Waals surface area contributed by atoms with E-state index in [9.17, 15) is 22.0 Å². The van der Waals surface area contributed by atoms with Gasteiger partial charge in [0.2, 0.25) is 5.82 Å². The van der Waals surface area contributed by atoms with E-state index in [1.807, 2.05) is 0 Å². The zero-order valence-corrected chi connectivity index (χ0v) is 9.95. The van der Waals surface area contributed by atoms with Crippen LogP contribution in [0.25, 0.3) is 0 Å². The van der Waals surface area contributed by atoms with Gasteiger partial charge >= 0.3 is 0 Å². The van der Waals surface area contributed by atoms with E-state index in [1.54, 1.807) is 6.92 Å². The molecule has 0 radical (unpaired) electrons. The predicted octanol–water partition coefficient (Wildman–Crippen LogP) is 3.22. The first kappa shape index (κ1) is 14.7. The van der Waals surface area contributed by atoms with Crippen molar-refractivity contribution >= 4 is 5.69 Å². The molecule has 1 N–H and O–H groups in total. The lowest BCUT2D eigenvalue weighted by Gasteiger charge is -2.22. The largest absolute Gasteiger partial charge is 0.380 e. The number of benzene rings is 1. The first-order valence-corrected chi connectivity index (χ1v) is 5.12. The highest BCUT2D eigenvalue weighted by Crippen LogP contribution is 2.27. The number of hydrogen-bond donors (Lipinski definition) is 1. The molecule has 18 heavy (non-hydrogen) atoms. The Balaban J connectivity index is 3.18. The summed E-state index contributed by atoms with van der Waals surface area (Å²) in [7, 11) is 1.36. The highest BCUT2D eigenvalue weighted by molar-refractivity contribution is 5.48. The van der Waals surface area contributed by atoms with Crippen molar-refractivity contribution in [2.24, 2.45) is 0 Å². The first-order valence-electron chi connectivity index (χ1n) is 5.12. The molecule has 1 aromatic rings. The predicted molar refractivity (Wildman–Crippen MR) is 55.8 cm³/mol. The zero-order chi connectivity index (χ0) is 14.0. The zero-order valence-electron chi connectivity index (χ0n) is 9.95. The van der Waals surface area contributed by atoms with Gasteiger partial charge in [-0.15, -0.1) is 0 Å². The SMILES string of the molecule is COC(C)C(C)Nc1c(F)c(F)c(F)c(F)c1F. The third kappa shape index (κ3) is 2.55. The maximum Gasteiger partial charge on any atom is 0.200 e. The smallest absolute Gasteiger partial charge is 0.200 e. The maximum atomic E-state index is 13.3. The second-order valence-electron chi connectivity index (χ2n) is 3.82. The molecule has 0 aliphatic heterocycles. The summed E-state index contributed by atoms with van der Waals surface area (Å²) >= 11 is 0. The van der Waals surface area contributed by atoms with E-state index in [2.05, 4.69) is 5.32 Å². The Morgan fingerprint density at radius 3 is 1.61 bits per heavy atom. The van der Waals surface area contributed by atoms with Crippen LogP contribution in [0, 0.1) is 29.1 Å². The van der Waals surface area contributed by atoms with Crippen molar-refractivity contribution in [2.75, 3.05) is 12.4 Å². The van der Waals surface area contributed by atoms with Crippen molar-refractivity contribution in [1.82, 2.24) is 0 Å². The standard InChI is InChI=1S/C11H12F5NO/c1-4(5(2)18-3)17-11-9(15)7(13)6(12)8(14)10(11)16/h4-5,17H,1-3H3. The summed E-state index contributed by atoms with van der Waals surface area (Å²) < 4.78 is 70.1. The quantitative estimate of drug-likeness (QED) is 0.515. The van der Waals surface area contributed by atoms with Gasteiger partial charge < -0.3 is 10.1 Å². The van der Waals surface area contributed by atoms with Crippen molar-refractivity contribution in [2.45, 2.75) is 26.0 Å². The highest BCUT2D eigenvalue weighted by Gasteiger charge is 2.27. The minimum atomic E-state index is -2.18. The van der Waals surface area contributed by atoms with Crippen LogP contribution in [-0.2, 0) is 4.74 Å². The fourth-order valence-electron chi connectivity index (χ4n) is 1.28. The molecule has 1 aromatic carbocycles. The summed E-state index contributed by atoms with van der Waals surface area (Å²) in [6.45, 7) is 3.08. The van der Waals surface area contributed by atoms with E-state index in [0.717, 1.165) is 0 Å². The van der Waals surface area contributed by atoms with Crippen molar-refractivity contribution < 1.29 is 26.7 Å². The van der Waals surface area contributed by atoms with Gasteiger partial charge in [0, 0.05) is 13.2 Å². The van der Waals surface area contributed by atoms with Gasteiger partial charge in [-0.2, -0.15) is 0 Å². The number of methoxy groups -OCH3 is 1. The maximum absolute atomic E-state index is 13.3. The lowest BCUT2D eigenvalue weighted by molar-refractivity contribution is 0.106. The molecule has 2 nitrogen and oxygen atoms in total. The normalized spacial score (nSPS) is 14.4. The van der Waals surface area contributed by atoms with Crippen LogP contribution in [0.2, 0.25) is 0 Å². The van der Waals surface area contributed by atoms with Crippen molar-refractivity contribution in [3.63, 3.8) is 0 Å². The van der Waals surface area contributed by atoms with E-state index in [0.29, 0.717) is 0 Å². The van der Waals surface area contributed by atoms with E-state index in [1.165, 1.54) is 14.0 Å². The average Bonchev–Trinajstić information content (AvgIpc) is 2.37. The molecule has 0 aliphatic rings. The van der Waals surface area contributed by atoms with Crippen LogP contribution in [-0.4, -0.2) is 19.3 Å². The molecule has 0 heterocycles. The minimum absolute atomic E-state index is 0.472. The summed E-state index contributed by atoms with van der Waals surface area (Å²) in [6.07, 6.45) is -0.472. The molecular weight excluding hydrogens is 257 g/mol. The average molecular weight is 269 g/mol. The summed E-state index contributed by atoms with van der Waals surface area (Å²) in [4.78, 5) is 0. The van der Waals surface area contributed by atoms with Crippen LogP contribution in [0.4, 0.5) is 27.6 Å². The first-order chi connectivity index (χ1) is 8.31. The summed E-state index contributed by atoms with van der Waals surface area (Å²) in [5.74, 6) is -9.91. The molecule has 0 aromatic heterocycles. The molecule has 0 aliphatic carbocycles. The van der Waals surface area contributed by atoms with Gasteiger partial charge in [-0.1, -0.05) is 0 Å². The monoisotopic (exact) mass is 269 g/mol. The summed E-state index contributed by atoms with van der Waals surface area (Å²) in [5.41, 5.74) is -1.05. The van der Waals surface area contributed by atoms with Crippen LogP contribution >= 0.6 is 0 Å². The molecule has 102 valence electrons. The number of halogens is 5. The van der Waals surface area contributed by atoms with Crippen molar-refractivity contribution in [3.05, 3.63) is 29.1 Å². The van der Waals surface area contributed by atoms with Gasteiger partial charge in [-0.05, 0) is 13.8 Å². The summed E-state index contributed by atoms with van der Waals surface area (Å²) in [5, 5.41) is 2.22. The van der Waals surface area contributed by atoms with Gasteiger partial charge in [0.25, 0.3) is 0 Å². The molecule has 0 saturated carbocycles. The Morgan fingerprint density at radius 2 is 1.22 bits per heavy atom. The Hall–Kier alpha value is -1.37. The Morgan fingerprint density at radius 1 is 0.833 bits per heavy atom. The number of rotatable bonds is 4. The molecule has 2 atom stereocenters. The molecule has 2 unspecified atom stereocenters. The van der Waals surface area contributed by atoms with Crippen LogP contribution in [0.5, 0.6) is 0 Å². The Bertz CT molecular complexity index is 423. The molecule has 0 saturated heterocycles. The molecule has 0 spiro atoms. The Kier molecular flexibility index (Phi) is 4.50. The number of anilines is 1. The van der Waals surface area contributed by atoms with Crippen LogP contribution in [0.3, 0.4) is 0 Å². The van der Waals surface area contributed by atoms with E-state index in [4.69, 9.17) is 4.74 Å². The third-order valence-electron chi connectivity index (χ3n) is 2.66. The van der Waals surface area contributed by atoms with Gasteiger partial charge in [-0.25, -0.2) is 22.0 Å². The van der Waals surface area contributed by atoms with Crippen molar-refractivity contribution in [1.29, 1.82) is 0 Å². The number of ether oxygens (including phenoxy) is 1. The molecule has 1 rings (SSSR count). The molecule has 7 heteroatoms. The van der Waals surface area contributed by atoms with E-state index in [-0.39, 0.29) is 0 Å². The number of hydrogen-bond acceptors (Lipinski definition) is 2. The second kappa shape index (κ2) is 5.51. The van der Waals surface area contributed by atoms with Crippen LogP contribution in [0.1, 0.15) is 13.8 Å². The minimum Gasteiger partial charge on any atom is -0.380 e. The number of nitrogens with one attached hydrogen (secondary N) is 1. The fraction of sp³-hybridized carbons (Fsp3) is 0.455. The van der Waals surface area contributed by atoms with Crippen LogP contribution in [0.15, 0.2) is 0 Å². The lowest BCUT2D eigenvalue weighted by atomic mass is 10.2. The van der Waals surface area contributed by atoms with Gasteiger partial charge in [0.1, 0.15) is 5.69 Å². The molecule has 0 bridgehead atoms. The van der Waals surface area contributed by atoms with Gasteiger partial charge in [-0.3, -0.25) is 0 Å². The second-order valence-corrected chi connectivity index (χ2v) is 3.82. The van der Waals surface area contributed by atoms with Crippen LogP contribution < -0.4 is 5.32 Å². The van der Waals surface area contributed by atoms with E-state index < -0.39 is 46.9 Å². The van der Waals surface area contributed by atoms with Gasteiger partial charge in [0.05, 0.1) is 6.10 Å². The lowest BCUT2D eigenvalue weighted by Crippen LogP contribution is -2.31. The molecule has 0 fully saturated rings. The van der Waals surface area contributed by atoms with E-state index >= 15 is 0 Å². The molecule has 0 amide bonds. The fourth-order valence-corrected chi connectivity index (χ4v) is 1.28. The molecular formula is C11H12F5NO. The highest BCUT2D eigenvalue weighted by atomic mass is 19.2. The Labute approximate surface area is 101 Å². The van der Waals surface area contributed by atoms with Gasteiger partial charge in [0.15, 0.2) is 23.3 Å². The topological polar surface area (TPSA) is 21.3 Å². The summed E-state index contributed by atoms with van der Waals surface area (Å²) in [6, 6.07) is -0.636. The third-order valence-corrected chi connectivity index (χ3v) is 2.66.